The summed E-state index contributed by atoms with van der Waals surface area (Å²) in [5, 5.41) is 8.01. The number of nitrogens with two attached hydrogens (primary N) is 1. The summed E-state index contributed by atoms with van der Waals surface area (Å²) in [5.41, 5.74) is 9.24. The van der Waals surface area contributed by atoms with Gasteiger partial charge >= 0.3 is 35.5 Å². The largest absolute Gasteiger partial charge is 1.00 e. The molecule has 0 spiro atoms. The quantitative estimate of drug-likeness (QED) is 0.270. The van der Waals surface area contributed by atoms with Crippen LogP contribution in [0.15, 0.2) is 34.9 Å². The van der Waals surface area contributed by atoms with Gasteiger partial charge in [0.1, 0.15) is 6.04 Å². The number of hydrogen-bond donors (Lipinski definition) is 3. The van der Waals surface area contributed by atoms with Crippen LogP contribution in [0.4, 0.5) is 0 Å². The number of thiol groups is 1. The number of carbonyl (C=O) groups is 1. The molecule has 0 aromatic heterocycles. The van der Waals surface area contributed by atoms with Crippen LogP contribution in [0.1, 0.15) is 53.4 Å². The summed E-state index contributed by atoms with van der Waals surface area (Å²) in [6, 6.07) is -0.816. The van der Waals surface area contributed by atoms with Gasteiger partial charge in [0.25, 0.3) is 0 Å². The van der Waals surface area contributed by atoms with Crippen LogP contribution in [0.25, 0.3) is 0 Å². The van der Waals surface area contributed by atoms with Gasteiger partial charge < -0.3 is 10.8 Å². The molecule has 0 saturated heterocycles. The molecule has 1 atom stereocenters. The first-order chi connectivity index (χ1) is 10.2. The second kappa shape index (κ2) is 18.2. The van der Waals surface area contributed by atoms with Gasteiger partial charge in [-0.2, -0.15) is 12.6 Å². The monoisotopic (exact) mass is 349 g/mol. The van der Waals surface area contributed by atoms with E-state index in [1.807, 2.05) is 6.08 Å². The topological polar surface area (TPSA) is 63.3 Å². The van der Waals surface area contributed by atoms with Gasteiger partial charge in [-0.3, -0.25) is 4.79 Å². The Balaban J connectivity index is -0.000000425. The Labute approximate surface area is 170 Å². The van der Waals surface area contributed by atoms with E-state index < -0.39 is 12.0 Å². The van der Waals surface area contributed by atoms with Crippen molar-refractivity contribution in [3.63, 3.8) is 0 Å². The van der Waals surface area contributed by atoms with Crippen molar-refractivity contribution < 1.29 is 39.5 Å². The molecule has 0 rings (SSSR count). The van der Waals surface area contributed by atoms with Crippen LogP contribution < -0.4 is 35.3 Å². The van der Waals surface area contributed by atoms with Crippen molar-refractivity contribution in [3.8, 4) is 0 Å². The van der Waals surface area contributed by atoms with E-state index in [0.717, 1.165) is 12.8 Å². The van der Waals surface area contributed by atoms with Gasteiger partial charge in [0, 0.05) is 5.75 Å². The molecule has 5 heteroatoms. The van der Waals surface area contributed by atoms with Crippen LogP contribution in [-0.4, -0.2) is 22.9 Å². The Kier molecular flexibility index (Phi) is 21.9. The second-order valence-electron chi connectivity index (χ2n) is 5.59. The van der Waals surface area contributed by atoms with Gasteiger partial charge in [-0.25, -0.2) is 18.6 Å². The van der Waals surface area contributed by atoms with Crippen LogP contribution in [0, 0.1) is 6.92 Å². The number of hydrogen-bond acceptors (Lipinski definition) is 3. The van der Waals surface area contributed by atoms with Gasteiger partial charge in [0.2, 0.25) is 0 Å². The van der Waals surface area contributed by atoms with Crippen LogP contribution in [-0.2, 0) is 4.79 Å². The number of carboxylic acid groups (broad SMARTS) is 1. The number of aliphatic carboxylic acids is 1. The Morgan fingerprint density at radius 3 is 1.96 bits per heavy atom. The summed E-state index contributed by atoms with van der Waals surface area (Å²) in [4.78, 5) is 9.76. The summed E-state index contributed by atoms with van der Waals surface area (Å²) < 4.78 is 0. The van der Waals surface area contributed by atoms with Gasteiger partial charge in [-0.1, -0.05) is 29.7 Å². The molecule has 0 aliphatic heterocycles. The minimum absolute atomic E-state index is 0. The molecule has 0 fully saturated rings. The van der Waals surface area contributed by atoms with Crippen molar-refractivity contribution in [2.45, 2.75) is 59.4 Å². The zero-order chi connectivity index (χ0) is 17.5. The molecule has 1 unspecified atom stereocenters. The maximum absolute atomic E-state index is 9.76. The first-order valence-electron chi connectivity index (χ1n) is 7.57. The van der Waals surface area contributed by atoms with E-state index in [1.165, 1.54) is 29.6 Å². The van der Waals surface area contributed by atoms with Crippen molar-refractivity contribution in [1.29, 1.82) is 0 Å². The minimum Gasteiger partial charge on any atom is -0.480 e. The van der Waals surface area contributed by atoms with Gasteiger partial charge in [-0.15, -0.1) is 6.92 Å². The predicted octanol–water partition coefficient (Wildman–Crippen LogP) is 1.57. The molecular formula is C18H32NNaO2S. The molecule has 0 bridgehead atoms. The molecule has 0 aromatic carbocycles. The maximum atomic E-state index is 9.76. The average molecular weight is 350 g/mol. The third kappa shape index (κ3) is 21.9. The summed E-state index contributed by atoms with van der Waals surface area (Å²) >= 11 is 3.65. The number of rotatable bonds is 8. The first-order valence-corrected chi connectivity index (χ1v) is 8.20. The van der Waals surface area contributed by atoms with Gasteiger partial charge in [-0.05, 0) is 40.0 Å². The smallest absolute Gasteiger partial charge is 0.480 e. The molecule has 3 N–H and O–H groups in total. The van der Waals surface area contributed by atoms with Crippen molar-refractivity contribution in [1.82, 2.24) is 0 Å². The normalized spacial score (nSPS) is 12.4. The van der Waals surface area contributed by atoms with Crippen molar-refractivity contribution in [2.75, 3.05) is 5.75 Å². The minimum atomic E-state index is -1.00. The number of carboxylic acids is 1. The van der Waals surface area contributed by atoms with Crippen molar-refractivity contribution >= 4 is 18.6 Å². The molecule has 0 aliphatic rings. The Morgan fingerprint density at radius 2 is 1.61 bits per heavy atom. The van der Waals surface area contributed by atoms with E-state index in [-0.39, 0.29) is 35.3 Å². The summed E-state index contributed by atoms with van der Waals surface area (Å²) in [7, 11) is 0. The van der Waals surface area contributed by atoms with E-state index in [2.05, 4.69) is 59.4 Å². The molecule has 128 valence electrons. The summed E-state index contributed by atoms with van der Waals surface area (Å²) in [6.07, 6.45) is 11.3. The second-order valence-corrected chi connectivity index (χ2v) is 5.95. The number of allylic oxidation sites excluding steroid dienone is 6. The third-order valence-electron chi connectivity index (χ3n) is 2.99. The molecule has 0 aliphatic carbocycles. The first kappa shape index (κ1) is 27.7. The van der Waals surface area contributed by atoms with Crippen LogP contribution >= 0.6 is 12.6 Å². The van der Waals surface area contributed by atoms with E-state index in [4.69, 9.17) is 10.8 Å². The molecule has 0 amide bonds. The van der Waals surface area contributed by atoms with E-state index >= 15 is 0 Å². The van der Waals surface area contributed by atoms with E-state index in [1.54, 1.807) is 0 Å². The van der Waals surface area contributed by atoms with Crippen LogP contribution in [0.3, 0.4) is 0 Å². The molecular weight excluding hydrogens is 317 g/mol. The van der Waals surface area contributed by atoms with Gasteiger partial charge in [0.05, 0.1) is 0 Å². The zero-order valence-corrected chi connectivity index (χ0v) is 18.3. The molecule has 0 heterocycles. The van der Waals surface area contributed by atoms with Crippen molar-refractivity contribution in [2.24, 2.45) is 5.73 Å². The fourth-order valence-corrected chi connectivity index (χ4v) is 1.57. The molecule has 0 radical (unpaired) electrons. The average Bonchev–Trinajstić information content (AvgIpc) is 2.46. The van der Waals surface area contributed by atoms with Crippen LogP contribution in [0.2, 0.25) is 0 Å². The van der Waals surface area contributed by atoms with Gasteiger partial charge in [0.15, 0.2) is 0 Å². The SMILES string of the molecule is NC(CS)C(=O)O.[CH2-]C=C(C)CCC=C(C)CCC=C(C)C.[Na+]. The Morgan fingerprint density at radius 1 is 1.13 bits per heavy atom. The fourth-order valence-electron chi connectivity index (χ4n) is 1.42. The Hall–Kier alpha value is -0.130. The molecule has 3 nitrogen and oxygen atoms in total. The predicted molar refractivity (Wildman–Crippen MR) is 100 cm³/mol. The summed E-state index contributed by atoms with van der Waals surface area (Å²) in [6.45, 7) is 12.4. The van der Waals surface area contributed by atoms with E-state index in [9.17, 15) is 4.79 Å². The summed E-state index contributed by atoms with van der Waals surface area (Å²) in [5.74, 6) is -0.815. The Bertz CT molecular complexity index is 400. The fraction of sp³-hybridized carbons (Fsp3) is 0.556. The standard InChI is InChI=1S/C15H25.C3H7NO2S.Na/c1-6-14(4)10-8-12-15(5)11-7-9-13(2)3;4-2(1-7)3(5)6;/h6,9,12H,1,7-8,10-11H2,2-5H3;2,7H,1,4H2,(H,5,6);/q-1;;+1. The third-order valence-corrected chi connectivity index (χ3v) is 3.38. The molecule has 23 heavy (non-hydrogen) atoms. The molecule has 0 saturated carbocycles. The van der Waals surface area contributed by atoms with E-state index in [0.29, 0.717) is 0 Å². The van der Waals surface area contributed by atoms with Crippen LogP contribution in [0.5, 0.6) is 0 Å². The zero-order valence-electron chi connectivity index (χ0n) is 15.4. The maximum Gasteiger partial charge on any atom is 1.00 e. The van der Waals surface area contributed by atoms with Crippen molar-refractivity contribution in [3.05, 3.63) is 41.9 Å². The molecule has 0 aromatic rings.